The van der Waals surface area contributed by atoms with E-state index >= 15 is 0 Å². The van der Waals surface area contributed by atoms with E-state index in [1.807, 2.05) is 0 Å². The zero-order valence-corrected chi connectivity index (χ0v) is 10.8. The summed E-state index contributed by atoms with van der Waals surface area (Å²) in [7, 11) is 0. The van der Waals surface area contributed by atoms with E-state index in [2.05, 4.69) is 20.5 Å². The molecular formula is C6H11BrO2Zn. The van der Waals surface area contributed by atoms with E-state index in [-0.39, 0.29) is 5.97 Å². The van der Waals surface area contributed by atoms with Gasteiger partial charge in [-0.05, 0) is 0 Å². The Bertz CT molecular complexity index is 97.7. The van der Waals surface area contributed by atoms with E-state index in [9.17, 15) is 4.79 Å². The van der Waals surface area contributed by atoms with Crippen LogP contribution in [0.5, 0.6) is 0 Å². The van der Waals surface area contributed by atoms with Crippen LogP contribution in [0.2, 0.25) is 5.02 Å². The molecule has 0 saturated carbocycles. The van der Waals surface area contributed by atoms with E-state index in [0.717, 1.165) is 12.8 Å². The molecule has 0 rings (SSSR count). The van der Waals surface area contributed by atoms with Gasteiger partial charge < -0.3 is 0 Å². The van der Waals surface area contributed by atoms with Crippen LogP contribution in [-0.2, 0) is 24.7 Å². The summed E-state index contributed by atoms with van der Waals surface area (Å²) in [4.78, 5) is 10.7. The summed E-state index contributed by atoms with van der Waals surface area (Å²) in [6.07, 6.45) is 2.07. The van der Waals surface area contributed by atoms with Gasteiger partial charge >= 0.3 is 75.7 Å². The number of ether oxygens (including phenoxy) is 1. The molecule has 0 radical (unpaired) electrons. The second-order valence-corrected chi connectivity index (χ2v) is 7.98. The van der Waals surface area contributed by atoms with Crippen molar-refractivity contribution in [3.8, 4) is 0 Å². The molecule has 0 aliphatic rings. The van der Waals surface area contributed by atoms with Gasteiger partial charge in [0, 0.05) is 0 Å². The predicted octanol–water partition coefficient (Wildman–Crippen LogP) is 2.14. The summed E-state index contributed by atoms with van der Waals surface area (Å²) < 4.78 is 4.90. The average Bonchev–Trinajstić information content (AvgIpc) is 1.89. The van der Waals surface area contributed by atoms with Gasteiger partial charge in [-0.1, -0.05) is 0 Å². The van der Waals surface area contributed by atoms with Gasteiger partial charge in [0.25, 0.3) is 0 Å². The van der Waals surface area contributed by atoms with Crippen LogP contribution >= 0.6 is 13.6 Å². The summed E-state index contributed by atoms with van der Waals surface area (Å²) in [5.74, 6) is -0.0228. The Morgan fingerprint density at radius 2 is 2.40 bits per heavy atom. The molecule has 0 unspecified atom stereocenters. The molecule has 0 saturated heterocycles. The maximum absolute atomic E-state index is 10.7. The van der Waals surface area contributed by atoms with Crippen molar-refractivity contribution in [2.75, 3.05) is 6.61 Å². The molecular weight excluding hydrogens is 249 g/mol. The molecule has 0 N–H and O–H groups in total. The van der Waals surface area contributed by atoms with Crippen LogP contribution in [0.15, 0.2) is 0 Å². The quantitative estimate of drug-likeness (QED) is 0.430. The second-order valence-electron chi connectivity index (χ2n) is 2.01. The molecule has 0 heterocycles. The Hall–Kier alpha value is 0.573. The van der Waals surface area contributed by atoms with Crippen molar-refractivity contribution in [1.82, 2.24) is 0 Å². The molecule has 0 aromatic rings. The summed E-state index contributed by atoms with van der Waals surface area (Å²) in [6, 6.07) is 0. The fraction of sp³-hybridized carbons (Fsp3) is 0.833. The molecule has 0 bridgehead atoms. The third-order valence-corrected chi connectivity index (χ3v) is 4.37. The third-order valence-electron chi connectivity index (χ3n) is 1.06. The first-order valence-electron chi connectivity index (χ1n) is 3.52. The first-order valence-corrected chi connectivity index (χ1v) is 12.6. The van der Waals surface area contributed by atoms with E-state index in [1.54, 1.807) is 0 Å². The number of esters is 1. The number of unbranched alkanes of at least 4 members (excludes halogenated alkanes) is 1. The number of halogens is 1. The fourth-order valence-electron chi connectivity index (χ4n) is 0.480. The maximum atomic E-state index is 10.7. The topological polar surface area (TPSA) is 26.3 Å². The number of carbonyl (C=O) groups is 1. The van der Waals surface area contributed by atoms with Crippen molar-refractivity contribution in [2.45, 2.75) is 24.8 Å². The Kier molecular flexibility index (Phi) is 8.12. The van der Waals surface area contributed by atoms with Crippen molar-refractivity contribution in [2.24, 2.45) is 0 Å². The van der Waals surface area contributed by atoms with Crippen LogP contribution in [-0.4, -0.2) is 12.6 Å². The molecule has 4 heteroatoms. The van der Waals surface area contributed by atoms with Crippen LogP contribution in [0.3, 0.4) is 0 Å². The van der Waals surface area contributed by atoms with E-state index < -0.39 is 15.2 Å². The zero-order chi connectivity index (χ0) is 7.82. The molecule has 10 heavy (non-hydrogen) atoms. The van der Waals surface area contributed by atoms with Gasteiger partial charge in [-0.3, -0.25) is 0 Å². The number of carbonyl (C=O) groups excluding carboxylic acids is 1. The molecule has 0 aliphatic heterocycles. The van der Waals surface area contributed by atoms with Crippen LogP contribution in [0, 0.1) is 0 Å². The van der Waals surface area contributed by atoms with Crippen LogP contribution in [0.1, 0.15) is 19.8 Å². The Morgan fingerprint density at radius 1 is 1.70 bits per heavy atom. The van der Waals surface area contributed by atoms with Crippen molar-refractivity contribution in [3.05, 3.63) is 0 Å². The summed E-state index contributed by atoms with van der Waals surface area (Å²) in [5.41, 5.74) is 0. The number of rotatable bonds is 5. The molecule has 0 aliphatic carbocycles. The first kappa shape index (κ1) is 10.6. The fourth-order valence-corrected chi connectivity index (χ4v) is 2.79. The van der Waals surface area contributed by atoms with Gasteiger partial charge in [0.05, 0.1) is 0 Å². The monoisotopic (exact) mass is 258 g/mol. The Balaban J connectivity index is 3.05. The van der Waals surface area contributed by atoms with Gasteiger partial charge in [0.1, 0.15) is 0 Å². The minimum atomic E-state index is -0.688. The van der Waals surface area contributed by atoms with Crippen LogP contribution in [0.25, 0.3) is 0 Å². The number of hydrogen-bond donors (Lipinski definition) is 0. The van der Waals surface area contributed by atoms with Gasteiger partial charge in [-0.2, -0.15) is 0 Å². The summed E-state index contributed by atoms with van der Waals surface area (Å²) in [6.45, 7) is 2.68. The van der Waals surface area contributed by atoms with Gasteiger partial charge in [0.15, 0.2) is 0 Å². The van der Waals surface area contributed by atoms with Crippen molar-refractivity contribution in [1.29, 1.82) is 0 Å². The minimum absolute atomic E-state index is 0.0228. The molecule has 56 valence electrons. The van der Waals surface area contributed by atoms with Crippen molar-refractivity contribution in [3.63, 3.8) is 0 Å². The molecule has 0 spiro atoms. The van der Waals surface area contributed by atoms with Gasteiger partial charge in [-0.25, -0.2) is 0 Å². The van der Waals surface area contributed by atoms with Gasteiger partial charge in [0.2, 0.25) is 0 Å². The van der Waals surface area contributed by atoms with E-state index in [0.29, 0.717) is 11.6 Å². The summed E-state index contributed by atoms with van der Waals surface area (Å²) >= 11 is 2.66. The molecule has 2 nitrogen and oxygen atoms in total. The molecule has 0 amide bonds. The molecule has 0 fully saturated rings. The van der Waals surface area contributed by atoms with Crippen LogP contribution in [0.4, 0.5) is 0 Å². The average molecular weight is 260 g/mol. The third kappa shape index (κ3) is 6.69. The first-order chi connectivity index (χ1) is 4.81. The van der Waals surface area contributed by atoms with Crippen molar-refractivity contribution < 1.29 is 24.7 Å². The molecule has 0 aromatic heterocycles. The summed E-state index contributed by atoms with van der Waals surface area (Å²) in [5, 5.41) is 0.663. The number of hydrogen-bond acceptors (Lipinski definition) is 2. The molecule has 0 aromatic carbocycles. The Morgan fingerprint density at radius 3 is 2.90 bits per heavy atom. The zero-order valence-electron chi connectivity index (χ0n) is 6.23. The Labute approximate surface area is 75.7 Å². The standard InChI is InChI=1S/C6H11O2.BrH.Zn/c1-3-4-5-8-6(2)7;;/h2-5H2,1H3;1H;/q;;+1/p-1. The van der Waals surface area contributed by atoms with E-state index in [1.165, 1.54) is 0 Å². The van der Waals surface area contributed by atoms with Crippen LogP contribution < -0.4 is 0 Å². The predicted molar refractivity (Wildman–Crippen MR) is 39.6 cm³/mol. The second kappa shape index (κ2) is 7.68. The van der Waals surface area contributed by atoms with Gasteiger partial charge in [-0.15, -0.1) is 0 Å². The normalized spacial score (nSPS) is 8.60. The molecule has 0 atom stereocenters. The van der Waals surface area contributed by atoms with E-state index in [4.69, 9.17) is 4.74 Å². The SMILES string of the molecule is CCCCOC(=O)[CH2][Zn][Br]. The van der Waals surface area contributed by atoms with Crippen molar-refractivity contribution >= 4 is 19.6 Å².